The molecule has 1 heterocycles. The molecule has 0 radical (unpaired) electrons. The Labute approximate surface area is 137 Å². The van der Waals surface area contributed by atoms with Gasteiger partial charge >= 0.3 is 18.2 Å². The van der Waals surface area contributed by atoms with E-state index >= 15 is 0 Å². The van der Waals surface area contributed by atoms with Crippen LogP contribution in [0, 0.1) is 5.41 Å². The number of alkyl halides is 3. The number of hydrogen-bond donors (Lipinski definition) is 2. The first-order valence-corrected chi connectivity index (χ1v) is 7.55. The van der Waals surface area contributed by atoms with Crippen LogP contribution in [0.15, 0.2) is 24.3 Å². The van der Waals surface area contributed by atoms with Crippen LogP contribution < -0.4 is 5.32 Å². The second kappa shape index (κ2) is 6.70. The van der Waals surface area contributed by atoms with E-state index in [-0.39, 0.29) is 13.0 Å². The van der Waals surface area contributed by atoms with Crippen molar-refractivity contribution >= 4 is 17.7 Å². The number of amides is 2. The maximum Gasteiger partial charge on any atom is 0.389 e. The van der Waals surface area contributed by atoms with Gasteiger partial charge in [-0.2, -0.15) is 13.2 Å². The summed E-state index contributed by atoms with van der Waals surface area (Å²) in [6.07, 6.45) is -5.13. The largest absolute Gasteiger partial charge is 0.481 e. The standard InChI is InChI=1S/C16H19F3N2O3/c1-15(13(22)23)8-9-21(10-15)14(24)20-12-5-3-2-4-11(12)6-7-16(17,18)19/h2-5H,6-10H2,1H3,(H,20,24)(H,22,23). The van der Waals surface area contributed by atoms with Gasteiger partial charge in [-0.25, -0.2) is 4.79 Å². The topological polar surface area (TPSA) is 69.6 Å². The Hall–Kier alpha value is -2.25. The molecule has 1 aromatic rings. The molecule has 2 rings (SSSR count). The molecule has 0 saturated carbocycles. The number of likely N-dealkylation sites (tertiary alicyclic amines) is 1. The van der Waals surface area contributed by atoms with Crippen LogP contribution >= 0.6 is 0 Å². The zero-order chi connectivity index (χ0) is 18.0. The molecule has 2 amide bonds. The highest BCUT2D eigenvalue weighted by Crippen LogP contribution is 2.31. The van der Waals surface area contributed by atoms with E-state index in [2.05, 4.69) is 5.32 Å². The first kappa shape index (κ1) is 18.1. The Morgan fingerprint density at radius 3 is 2.58 bits per heavy atom. The van der Waals surface area contributed by atoms with E-state index in [0.717, 1.165) is 0 Å². The predicted molar refractivity (Wildman–Crippen MR) is 81.8 cm³/mol. The van der Waals surface area contributed by atoms with E-state index in [1.54, 1.807) is 19.1 Å². The molecule has 1 saturated heterocycles. The first-order chi connectivity index (χ1) is 11.1. The van der Waals surface area contributed by atoms with Crippen molar-refractivity contribution < 1.29 is 27.9 Å². The van der Waals surface area contributed by atoms with Crippen LogP contribution in [0.3, 0.4) is 0 Å². The Morgan fingerprint density at radius 1 is 1.33 bits per heavy atom. The number of anilines is 1. The van der Waals surface area contributed by atoms with Gasteiger partial charge < -0.3 is 15.3 Å². The van der Waals surface area contributed by atoms with Gasteiger partial charge in [-0.05, 0) is 31.4 Å². The van der Waals surface area contributed by atoms with Gasteiger partial charge in [0, 0.05) is 25.2 Å². The number of carbonyl (C=O) groups is 2. The molecular weight excluding hydrogens is 325 g/mol. The third kappa shape index (κ3) is 4.39. The highest BCUT2D eigenvalue weighted by Gasteiger charge is 2.42. The molecule has 1 atom stereocenters. The number of carbonyl (C=O) groups excluding carboxylic acids is 1. The number of urea groups is 1. The van der Waals surface area contributed by atoms with Gasteiger partial charge in [0.05, 0.1) is 5.41 Å². The molecule has 1 aromatic carbocycles. The van der Waals surface area contributed by atoms with Crippen LogP contribution in [0.25, 0.3) is 0 Å². The number of carboxylic acids is 1. The number of benzene rings is 1. The summed E-state index contributed by atoms with van der Waals surface area (Å²) in [5, 5.41) is 11.8. The number of carboxylic acid groups (broad SMARTS) is 1. The molecule has 0 aliphatic carbocycles. The lowest BCUT2D eigenvalue weighted by atomic mass is 9.90. The number of hydrogen-bond acceptors (Lipinski definition) is 2. The summed E-state index contributed by atoms with van der Waals surface area (Å²) in [5.74, 6) is -0.969. The average Bonchev–Trinajstić information content (AvgIpc) is 2.90. The van der Waals surface area contributed by atoms with Crippen LogP contribution in [-0.2, 0) is 11.2 Å². The molecule has 24 heavy (non-hydrogen) atoms. The normalized spacial score (nSPS) is 20.9. The zero-order valence-corrected chi connectivity index (χ0v) is 13.2. The lowest BCUT2D eigenvalue weighted by Gasteiger charge is -2.21. The minimum absolute atomic E-state index is 0.0683. The third-order valence-corrected chi connectivity index (χ3v) is 4.21. The van der Waals surface area contributed by atoms with Gasteiger partial charge in [-0.1, -0.05) is 18.2 Å². The summed E-state index contributed by atoms with van der Waals surface area (Å²) >= 11 is 0. The Bertz CT molecular complexity index is 633. The van der Waals surface area contributed by atoms with Crippen molar-refractivity contribution in [1.82, 2.24) is 4.90 Å². The van der Waals surface area contributed by atoms with Gasteiger partial charge in [0.25, 0.3) is 0 Å². The second-order valence-corrected chi connectivity index (χ2v) is 6.24. The average molecular weight is 344 g/mol. The molecule has 132 valence electrons. The van der Waals surface area contributed by atoms with Gasteiger partial charge in [-0.3, -0.25) is 4.79 Å². The fraction of sp³-hybridized carbons (Fsp3) is 0.500. The number of halogens is 3. The van der Waals surface area contributed by atoms with E-state index in [4.69, 9.17) is 0 Å². The van der Waals surface area contributed by atoms with Crippen molar-refractivity contribution in [2.45, 2.75) is 32.4 Å². The van der Waals surface area contributed by atoms with Crippen LogP contribution in [0.1, 0.15) is 25.3 Å². The molecule has 8 heteroatoms. The molecule has 2 N–H and O–H groups in total. The van der Waals surface area contributed by atoms with Crippen molar-refractivity contribution in [3.05, 3.63) is 29.8 Å². The molecule has 0 aromatic heterocycles. The first-order valence-electron chi connectivity index (χ1n) is 7.55. The number of nitrogens with zero attached hydrogens (tertiary/aromatic N) is 1. The molecule has 0 spiro atoms. The SMILES string of the molecule is CC1(C(=O)O)CCN(C(=O)Nc2ccccc2CCC(F)(F)F)C1. The highest BCUT2D eigenvalue weighted by molar-refractivity contribution is 5.91. The van der Waals surface area contributed by atoms with Crippen molar-refractivity contribution in [2.24, 2.45) is 5.41 Å². The van der Waals surface area contributed by atoms with E-state index in [1.165, 1.54) is 17.0 Å². The lowest BCUT2D eigenvalue weighted by molar-refractivity contribution is -0.147. The highest BCUT2D eigenvalue weighted by atomic mass is 19.4. The van der Waals surface area contributed by atoms with Crippen LogP contribution in [0.5, 0.6) is 0 Å². The number of rotatable bonds is 4. The lowest BCUT2D eigenvalue weighted by Crippen LogP contribution is -2.37. The Morgan fingerprint density at radius 2 is 2.00 bits per heavy atom. The van der Waals surface area contributed by atoms with E-state index < -0.39 is 30.0 Å². The van der Waals surface area contributed by atoms with Gasteiger partial charge in [0.15, 0.2) is 0 Å². The Balaban J connectivity index is 2.04. The number of para-hydroxylation sites is 1. The van der Waals surface area contributed by atoms with Gasteiger partial charge in [-0.15, -0.1) is 0 Å². The summed E-state index contributed by atoms with van der Waals surface area (Å²) < 4.78 is 37.2. The molecule has 5 nitrogen and oxygen atoms in total. The van der Waals surface area contributed by atoms with Crippen LogP contribution in [-0.4, -0.2) is 41.3 Å². The van der Waals surface area contributed by atoms with Crippen molar-refractivity contribution in [2.75, 3.05) is 18.4 Å². The van der Waals surface area contributed by atoms with Crippen molar-refractivity contribution in [3.8, 4) is 0 Å². The quantitative estimate of drug-likeness (QED) is 0.878. The molecule has 1 unspecified atom stereocenters. The Kier molecular flexibility index (Phi) is 5.05. The predicted octanol–water partition coefficient (Wildman–Crippen LogP) is 3.51. The monoisotopic (exact) mass is 344 g/mol. The number of nitrogens with one attached hydrogen (secondary N) is 1. The maximum atomic E-state index is 12.4. The van der Waals surface area contributed by atoms with Crippen molar-refractivity contribution in [1.29, 1.82) is 0 Å². The zero-order valence-electron chi connectivity index (χ0n) is 13.2. The second-order valence-electron chi connectivity index (χ2n) is 6.24. The smallest absolute Gasteiger partial charge is 0.389 e. The van der Waals surface area contributed by atoms with Gasteiger partial charge in [0.2, 0.25) is 0 Å². The summed E-state index contributed by atoms with van der Waals surface area (Å²) in [5.41, 5.74) is -0.285. The molecule has 0 bridgehead atoms. The fourth-order valence-corrected chi connectivity index (χ4v) is 2.64. The van der Waals surface area contributed by atoms with Crippen molar-refractivity contribution in [3.63, 3.8) is 0 Å². The summed E-state index contributed by atoms with van der Waals surface area (Å²) in [7, 11) is 0. The third-order valence-electron chi connectivity index (χ3n) is 4.21. The number of aryl methyl sites for hydroxylation is 1. The van der Waals surface area contributed by atoms with E-state index in [9.17, 15) is 27.9 Å². The fourth-order valence-electron chi connectivity index (χ4n) is 2.64. The van der Waals surface area contributed by atoms with E-state index in [1.807, 2.05) is 0 Å². The molecule has 1 aliphatic heterocycles. The minimum Gasteiger partial charge on any atom is -0.481 e. The molecule has 1 fully saturated rings. The minimum atomic E-state index is -4.27. The van der Waals surface area contributed by atoms with E-state index in [0.29, 0.717) is 24.2 Å². The summed E-state index contributed by atoms with van der Waals surface area (Å²) in [6.45, 7) is 1.93. The van der Waals surface area contributed by atoms with Crippen LogP contribution in [0.2, 0.25) is 0 Å². The summed E-state index contributed by atoms with van der Waals surface area (Å²) in [6, 6.07) is 5.80. The molecular formula is C16H19F3N2O3. The summed E-state index contributed by atoms with van der Waals surface area (Å²) in [4.78, 5) is 24.9. The van der Waals surface area contributed by atoms with Gasteiger partial charge in [0.1, 0.15) is 0 Å². The number of aliphatic carboxylic acids is 1. The molecule has 1 aliphatic rings. The van der Waals surface area contributed by atoms with Crippen LogP contribution in [0.4, 0.5) is 23.7 Å². The maximum absolute atomic E-state index is 12.4.